The number of carboxylic acids is 3. The molecule has 3 aliphatic heterocycles. The monoisotopic (exact) mass is 552 g/mol. The Morgan fingerprint density at radius 1 is 1.05 bits per heavy atom. The average Bonchev–Trinajstić information content (AvgIpc) is 3.24. The van der Waals surface area contributed by atoms with Crippen molar-refractivity contribution < 1.29 is 64.7 Å². The topological polar surface area (TPSA) is 247 Å². The summed E-state index contributed by atoms with van der Waals surface area (Å²) in [6, 6.07) is 0.294. The number of aliphatic hydroxyl groups excluding tert-OH is 4. The number of hydrogen-bond donors (Lipinski definition) is 9. The Hall–Kier alpha value is -3.89. The summed E-state index contributed by atoms with van der Waals surface area (Å²) >= 11 is 0. The molecule has 0 aliphatic carbocycles. The normalized spacial score (nSPS) is 31.3. The van der Waals surface area contributed by atoms with Crippen LogP contribution in [0.3, 0.4) is 0 Å². The molecule has 1 fully saturated rings. The van der Waals surface area contributed by atoms with Crippen molar-refractivity contribution >= 4 is 23.6 Å². The van der Waals surface area contributed by atoms with E-state index in [1.165, 1.54) is 29.2 Å². The molecule has 0 bridgehead atoms. The lowest BCUT2D eigenvalue weighted by molar-refractivity contribution is -0.277. The standard InChI is InChI=1S/C24H28N2O13/c27-8-17-18(29)19(30)20(31)24(39-17)38-16-7-13-10(6-15(16)28)5-14(23(36)37)26(13)2-1-9-3-11(21(32)33)25-12(4-9)22(34)35/h1,3,6-7,12,14,17-20,24-25,27-31H,2,4-5,8H2,(H,32,33)(H,34,35)(H,36,37)/b9-1+/t12-,14+,17-,18-,19+,20-,24-/m1/s1. The predicted molar refractivity (Wildman–Crippen MR) is 128 cm³/mol. The molecule has 3 aliphatic rings. The van der Waals surface area contributed by atoms with Crippen LogP contribution in [-0.4, -0.2) is 115 Å². The predicted octanol–water partition coefficient (Wildman–Crippen LogP) is -2.27. The smallest absolute Gasteiger partial charge is 0.351 e. The Morgan fingerprint density at radius 2 is 1.77 bits per heavy atom. The van der Waals surface area contributed by atoms with E-state index < -0.39 is 73.1 Å². The zero-order valence-corrected chi connectivity index (χ0v) is 20.2. The number of ether oxygens (including phenoxy) is 2. The van der Waals surface area contributed by atoms with Crippen LogP contribution in [-0.2, 0) is 25.5 Å². The number of aliphatic carboxylic acids is 3. The fraction of sp³-hybridized carbons (Fsp3) is 0.458. The van der Waals surface area contributed by atoms with Crippen molar-refractivity contribution in [2.45, 2.75) is 55.6 Å². The fourth-order valence-electron chi connectivity index (χ4n) is 4.74. The van der Waals surface area contributed by atoms with Gasteiger partial charge in [-0.3, -0.25) is 0 Å². The van der Waals surface area contributed by atoms with Gasteiger partial charge >= 0.3 is 17.9 Å². The van der Waals surface area contributed by atoms with Crippen molar-refractivity contribution in [3.63, 3.8) is 0 Å². The lowest BCUT2D eigenvalue weighted by Gasteiger charge is -2.39. The summed E-state index contributed by atoms with van der Waals surface area (Å²) in [5.41, 5.74) is 0.794. The number of hydrogen-bond acceptors (Lipinski definition) is 12. The molecule has 212 valence electrons. The zero-order valence-electron chi connectivity index (χ0n) is 20.2. The highest BCUT2D eigenvalue weighted by Crippen LogP contribution is 2.41. The van der Waals surface area contributed by atoms with Crippen molar-refractivity contribution in [3.8, 4) is 11.5 Å². The SMILES string of the molecule is O=C(O)C1=C/C(=C\CN2c3cc(O[C@@H]4O[C@H](CO)[C@@H](O)[C@H](O)[C@H]4O)c(O)cc3C[C@H]2C(=O)O)C[C@H](C(=O)O)N1. The van der Waals surface area contributed by atoms with Gasteiger partial charge in [0.2, 0.25) is 6.29 Å². The summed E-state index contributed by atoms with van der Waals surface area (Å²) in [6.07, 6.45) is -5.23. The van der Waals surface area contributed by atoms with Crippen LogP contribution in [0.5, 0.6) is 11.5 Å². The Kier molecular flexibility index (Phi) is 7.99. The molecule has 0 amide bonds. The molecule has 1 saturated heterocycles. The van der Waals surface area contributed by atoms with E-state index in [1.807, 2.05) is 0 Å². The molecule has 15 nitrogen and oxygen atoms in total. The minimum Gasteiger partial charge on any atom is -0.504 e. The van der Waals surface area contributed by atoms with Gasteiger partial charge in [0.05, 0.1) is 6.61 Å². The summed E-state index contributed by atoms with van der Waals surface area (Å²) < 4.78 is 10.9. The van der Waals surface area contributed by atoms with E-state index in [1.54, 1.807) is 0 Å². The van der Waals surface area contributed by atoms with E-state index in [4.69, 9.17) is 9.47 Å². The summed E-state index contributed by atoms with van der Waals surface area (Å²) in [6.45, 7) is -0.765. The first-order valence-electron chi connectivity index (χ1n) is 11.9. The maximum absolute atomic E-state index is 12.0. The van der Waals surface area contributed by atoms with Gasteiger partial charge in [0.25, 0.3) is 0 Å². The number of phenolic OH excluding ortho intramolecular Hbond substituents is 1. The molecule has 0 unspecified atom stereocenters. The molecule has 4 rings (SSSR count). The van der Waals surface area contributed by atoms with Gasteiger partial charge in [-0.05, 0) is 23.3 Å². The van der Waals surface area contributed by atoms with E-state index in [9.17, 15) is 55.2 Å². The van der Waals surface area contributed by atoms with Gasteiger partial charge in [-0.15, -0.1) is 0 Å². The first-order chi connectivity index (χ1) is 18.4. The molecule has 0 saturated carbocycles. The highest BCUT2D eigenvalue weighted by molar-refractivity contribution is 5.89. The molecule has 0 aromatic heterocycles. The van der Waals surface area contributed by atoms with Gasteiger partial charge in [0, 0.05) is 31.1 Å². The minimum atomic E-state index is -1.75. The Bertz CT molecular complexity index is 1210. The average molecular weight is 552 g/mol. The first kappa shape index (κ1) is 28.1. The van der Waals surface area contributed by atoms with Crippen molar-refractivity contribution in [1.29, 1.82) is 0 Å². The number of anilines is 1. The second-order valence-corrected chi connectivity index (χ2v) is 9.36. The number of aromatic hydroxyl groups is 1. The molecule has 9 N–H and O–H groups in total. The van der Waals surface area contributed by atoms with E-state index in [-0.39, 0.29) is 30.8 Å². The number of rotatable bonds is 8. The number of fused-ring (bicyclic) bond motifs is 1. The maximum atomic E-state index is 12.0. The van der Waals surface area contributed by atoms with Crippen molar-refractivity contribution in [2.24, 2.45) is 0 Å². The fourth-order valence-corrected chi connectivity index (χ4v) is 4.74. The molecule has 39 heavy (non-hydrogen) atoms. The second kappa shape index (κ2) is 11.1. The van der Waals surface area contributed by atoms with E-state index in [2.05, 4.69) is 5.32 Å². The largest absolute Gasteiger partial charge is 0.504 e. The summed E-state index contributed by atoms with van der Waals surface area (Å²) in [7, 11) is 0. The van der Waals surface area contributed by atoms with Gasteiger partial charge in [0.1, 0.15) is 42.2 Å². The Labute approximate surface area is 220 Å². The number of aliphatic hydroxyl groups is 4. The van der Waals surface area contributed by atoms with Gasteiger partial charge in [0.15, 0.2) is 11.5 Å². The van der Waals surface area contributed by atoms with Gasteiger partial charge in [-0.1, -0.05) is 6.08 Å². The summed E-state index contributed by atoms with van der Waals surface area (Å²) in [5, 5.41) is 81.0. The number of carboxylic acid groups (broad SMARTS) is 3. The third-order valence-corrected chi connectivity index (χ3v) is 6.81. The molecule has 0 spiro atoms. The van der Waals surface area contributed by atoms with Gasteiger partial charge < -0.3 is 60.5 Å². The van der Waals surface area contributed by atoms with Crippen LogP contribution in [0.2, 0.25) is 0 Å². The van der Waals surface area contributed by atoms with Crippen LogP contribution in [0.4, 0.5) is 5.69 Å². The summed E-state index contributed by atoms with van der Waals surface area (Å²) in [4.78, 5) is 36.3. The molecule has 1 aromatic rings. The zero-order chi connectivity index (χ0) is 28.6. The molecular weight excluding hydrogens is 524 g/mol. The van der Waals surface area contributed by atoms with E-state index in [0.717, 1.165) is 0 Å². The van der Waals surface area contributed by atoms with Crippen LogP contribution >= 0.6 is 0 Å². The van der Waals surface area contributed by atoms with Crippen LogP contribution < -0.4 is 15.0 Å². The highest BCUT2D eigenvalue weighted by atomic mass is 16.7. The number of phenols is 1. The number of allylic oxidation sites excluding steroid dienone is 1. The number of carbonyl (C=O) groups is 3. The number of nitrogens with one attached hydrogen (secondary N) is 1. The van der Waals surface area contributed by atoms with Gasteiger partial charge in [-0.25, -0.2) is 14.4 Å². The third-order valence-electron chi connectivity index (χ3n) is 6.81. The van der Waals surface area contributed by atoms with Crippen LogP contribution in [0.15, 0.2) is 35.6 Å². The van der Waals surface area contributed by atoms with E-state index >= 15 is 0 Å². The molecule has 3 heterocycles. The quantitative estimate of drug-likeness (QED) is 0.165. The Balaban J connectivity index is 1.62. The number of benzene rings is 1. The van der Waals surface area contributed by atoms with Gasteiger partial charge in [-0.2, -0.15) is 0 Å². The lowest BCUT2D eigenvalue weighted by atomic mass is 9.99. The Morgan fingerprint density at radius 3 is 2.38 bits per heavy atom. The number of nitrogens with zero attached hydrogens (tertiary/aromatic N) is 1. The molecule has 7 atom stereocenters. The third kappa shape index (κ3) is 5.62. The molecular formula is C24H28N2O13. The summed E-state index contributed by atoms with van der Waals surface area (Å²) in [5.74, 6) is -4.47. The van der Waals surface area contributed by atoms with Crippen molar-refractivity contribution in [1.82, 2.24) is 5.32 Å². The van der Waals surface area contributed by atoms with Crippen LogP contribution in [0.1, 0.15) is 12.0 Å². The lowest BCUT2D eigenvalue weighted by Crippen LogP contribution is -2.60. The van der Waals surface area contributed by atoms with Crippen LogP contribution in [0.25, 0.3) is 0 Å². The second-order valence-electron chi connectivity index (χ2n) is 9.36. The van der Waals surface area contributed by atoms with Crippen molar-refractivity contribution in [2.75, 3.05) is 18.1 Å². The minimum absolute atomic E-state index is 0.00273. The first-order valence-corrected chi connectivity index (χ1v) is 11.9. The molecule has 0 radical (unpaired) electrons. The highest BCUT2D eigenvalue weighted by Gasteiger charge is 2.45. The van der Waals surface area contributed by atoms with E-state index in [0.29, 0.717) is 16.8 Å². The maximum Gasteiger partial charge on any atom is 0.351 e. The van der Waals surface area contributed by atoms with Crippen molar-refractivity contribution in [3.05, 3.63) is 41.1 Å². The van der Waals surface area contributed by atoms with Crippen LogP contribution in [0, 0.1) is 0 Å². The molecule has 15 heteroatoms. The molecule has 1 aromatic carbocycles.